The van der Waals surface area contributed by atoms with Crippen molar-refractivity contribution in [1.82, 2.24) is 9.78 Å². The highest BCUT2D eigenvalue weighted by molar-refractivity contribution is 5.85. The second-order valence-corrected chi connectivity index (χ2v) is 2.06. The lowest BCUT2D eigenvalue weighted by atomic mass is 10.3. The maximum Gasteiger partial charge on any atom is 0.0522 e. The first kappa shape index (κ1) is 9.46. The molecule has 0 aliphatic carbocycles. The molecular weight excluding hydrogens is 150 g/mol. The predicted octanol–water partition coefficient (Wildman–Crippen LogP) is 0.343. The van der Waals surface area contributed by atoms with Crippen LogP contribution in [0.4, 0.5) is 0 Å². The number of hydrogen-bond donors (Lipinski definition) is 1. The molecule has 58 valence electrons. The summed E-state index contributed by atoms with van der Waals surface area (Å²) in [5.41, 5.74) is 6.54. The molecule has 0 amide bonds. The van der Waals surface area contributed by atoms with Crippen LogP contribution in [0.1, 0.15) is 5.56 Å². The summed E-state index contributed by atoms with van der Waals surface area (Å²) in [7, 11) is 1.90. The maximum atomic E-state index is 5.33. The van der Waals surface area contributed by atoms with Gasteiger partial charge in [0, 0.05) is 13.2 Å². The Kier molecular flexibility index (Phi) is 4.07. The van der Waals surface area contributed by atoms with Gasteiger partial charge in [-0.05, 0) is 18.5 Å². The van der Waals surface area contributed by atoms with E-state index in [-0.39, 0.29) is 12.4 Å². The van der Waals surface area contributed by atoms with Crippen LogP contribution in [0.15, 0.2) is 12.4 Å². The molecule has 0 spiro atoms. The predicted molar refractivity (Wildman–Crippen MR) is 43.2 cm³/mol. The van der Waals surface area contributed by atoms with Gasteiger partial charge >= 0.3 is 0 Å². The van der Waals surface area contributed by atoms with Crippen LogP contribution < -0.4 is 5.73 Å². The molecule has 0 aliphatic heterocycles. The lowest BCUT2D eigenvalue weighted by molar-refractivity contribution is 0.766. The molecule has 1 aromatic rings. The summed E-state index contributed by atoms with van der Waals surface area (Å²) in [4.78, 5) is 0. The smallest absolute Gasteiger partial charge is 0.0522 e. The Morgan fingerprint density at radius 3 is 2.80 bits per heavy atom. The minimum atomic E-state index is 0. The molecule has 0 aromatic carbocycles. The van der Waals surface area contributed by atoms with Crippen molar-refractivity contribution in [1.29, 1.82) is 0 Å². The van der Waals surface area contributed by atoms with E-state index < -0.39 is 0 Å². The van der Waals surface area contributed by atoms with Gasteiger partial charge in [0.15, 0.2) is 0 Å². The first-order valence-corrected chi connectivity index (χ1v) is 3.00. The molecule has 0 saturated heterocycles. The highest BCUT2D eigenvalue weighted by Crippen LogP contribution is 1.94. The summed E-state index contributed by atoms with van der Waals surface area (Å²) in [6, 6.07) is 0. The third kappa shape index (κ3) is 2.37. The van der Waals surface area contributed by atoms with E-state index in [1.165, 1.54) is 5.56 Å². The first-order chi connectivity index (χ1) is 4.33. The van der Waals surface area contributed by atoms with Gasteiger partial charge in [0.1, 0.15) is 0 Å². The van der Waals surface area contributed by atoms with E-state index in [0.29, 0.717) is 6.54 Å². The van der Waals surface area contributed by atoms with Crippen molar-refractivity contribution < 1.29 is 0 Å². The van der Waals surface area contributed by atoms with Crippen molar-refractivity contribution in [3.05, 3.63) is 18.0 Å². The van der Waals surface area contributed by atoms with Crippen molar-refractivity contribution in [2.24, 2.45) is 12.8 Å². The molecule has 4 heteroatoms. The van der Waals surface area contributed by atoms with E-state index in [1.807, 2.05) is 19.4 Å². The van der Waals surface area contributed by atoms with Crippen LogP contribution in [0.5, 0.6) is 0 Å². The molecule has 10 heavy (non-hydrogen) atoms. The molecule has 1 heterocycles. The van der Waals surface area contributed by atoms with Crippen molar-refractivity contribution in [3.63, 3.8) is 0 Å². The van der Waals surface area contributed by atoms with Crippen LogP contribution >= 0.6 is 12.4 Å². The van der Waals surface area contributed by atoms with E-state index in [9.17, 15) is 0 Å². The molecule has 3 nitrogen and oxygen atoms in total. The Labute approximate surface area is 66.6 Å². The quantitative estimate of drug-likeness (QED) is 0.680. The monoisotopic (exact) mass is 161 g/mol. The number of rotatable bonds is 2. The zero-order valence-electron chi connectivity index (χ0n) is 5.95. The fourth-order valence-electron chi connectivity index (χ4n) is 0.768. The maximum absolute atomic E-state index is 5.33. The van der Waals surface area contributed by atoms with Gasteiger partial charge in [0.2, 0.25) is 0 Å². The lowest BCUT2D eigenvalue weighted by Crippen LogP contribution is -2.01. The molecular formula is C6H12ClN3. The van der Waals surface area contributed by atoms with Gasteiger partial charge in [0.25, 0.3) is 0 Å². The second-order valence-electron chi connectivity index (χ2n) is 2.06. The highest BCUT2D eigenvalue weighted by atomic mass is 35.5. The number of halogens is 1. The molecule has 0 radical (unpaired) electrons. The molecule has 1 rings (SSSR count). The topological polar surface area (TPSA) is 43.8 Å². The molecule has 2 N–H and O–H groups in total. The molecule has 0 fully saturated rings. The molecule has 0 saturated carbocycles. The average molecular weight is 162 g/mol. The van der Waals surface area contributed by atoms with E-state index in [0.717, 1.165) is 6.42 Å². The van der Waals surface area contributed by atoms with E-state index in [1.54, 1.807) is 4.68 Å². The summed E-state index contributed by atoms with van der Waals surface area (Å²) in [6.07, 6.45) is 4.74. The van der Waals surface area contributed by atoms with Gasteiger partial charge in [-0.3, -0.25) is 4.68 Å². The molecule has 1 aromatic heterocycles. The van der Waals surface area contributed by atoms with Crippen LogP contribution in [0.25, 0.3) is 0 Å². The van der Waals surface area contributed by atoms with Gasteiger partial charge in [-0.15, -0.1) is 12.4 Å². The summed E-state index contributed by atoms with van der Waals surface area (Å²) >= 11 is 0. The summed E-state index contributed by atoms with van der Waals surface area (Å²) in [6.45, 7) is 0.700. The van der Waals surface area contributed by atoms with Crippen LogP contribution in [0, 0.1) is 0 Å². The molecule has 0 bridgehead atoms. The minimum absolute atomic E-state index is 0. The SMILES string of the molecule is Cl.Cn1cc(CCN)cn1. The standard InChI is InChI=1S/C6H11N3.ClH/c1-9-5-6(2-3-7)4-8-9;/h4-5H,2-3,7H2,1H3;1H. The number of aromatic nitrogens is 2. The van der Waals surface area contributed by atoms with Gasteiger partial charge < -0.3 is 5.73 Å². The van der Waals surface area contributed by atoms with Crippen molar-refractivity contribution in [2.75, 3.05) is 6.54 Å². The average Bonchev–Trinajstić information content (AvgIpc) is 2.17. The Morgan fingerprint density at radius 1 is 1.70 bits per heavy atom. The van der Waals surface area contributed by atoms with E-state index in [2.05, 4.69) is 5.10 Å². The number of nitrogens with zero attached hydrogens (tertiary/aromatic N) is 2. The number of nitrogens with two attached hydrogens (primary N) is 1. The zero-order valence-corrected chi connectivity index (χ0v) is 6.77. The summed E-state index contributed by atoms with van der Waals surface area (Å²) < 4.78 is 1.78. The van der Waals surface area contributed by atoms with Crippen LogP contribution in [-0.4, -0.2) is 16.3 Å². The Balaban J connectivity index is 0.000000810. The summed E-state index contributed by atoms with van der Waals surface area (Å²) in [5.74, 6) is 0. The minimum Gasteiger partial charge on any atom is -0.330 e. The fraction of sp³-hybridized carbons (Fsp3) is 0.500. The van der Waals surface area contributed by atoms with Crippen LogP contribution in [-0.2, 0) is 13.5 Å². The van der Waals surface area contributed by atoms with Gasteiger partial charge in [-0.2, -0.15) is 5.10 Å². The fourth-order valence-corrected chi connectivity index (χ4v) is 0.768. The van der Waals surface area contributed by atoms with Crippen LogP contribution in [0.3, 0.4) is 0 Å². The Bertz CT molecular complexity index is 185. The number of hydrogen-bond acceptors (Lipinski definition) is 2. The lowest BCUT2D eigenvalue weighted by Gasteiger charge is -1.86. The third-order valence-corrected chi connectivity index (χ3v) is 1.19. The number of aryl methyl sites for hydroxylation is 1. The molecule has 0 aliphatic rings. The third-order valence-electron chi connectivity index (χ3n) is 1.19. The second kappa shape index (κ2) is 4.30. The Morgan fingerprint density at radius 2 is 2.40 bits per heavy atom. The molecule has 0 atom stereocenters. The zero-order chi connectivity index (χ0) is 6.69. The van der Waals surface area contributed by atoms with Crippen LogP contribution in [0.2, 0.25) is 0 Å². The van der Waals surface area contributed by atoms with E-state index in [4.69, 9.17) is 5.73 Å². The van der Waals surface area contributed by atoms with Gasteiger partial charge in [0.05, 0.1) is 6.20 Å². The highest BCUT2D eigenvalue weighted by Gasteiger charge is 1.91. The van der Waals surface area contributed by atoms with Crippen molar-refractivity contribution in [2.45, 2.75) is 6.42 Å². The normalized spacial score (nSPS) is 9.00. The largest absolute Gasteiger partial charge is 0.330 e. The molecule has 0 unspecified atom stereocenters. The van der Waals surface area contributed by atoms with Crippen molar-refractivity contribution in [3.8, 4) is 0 Å². The summed E-state index contributed by atoms with van der Waals surface area (Å²) in [5, 5.41) is 4.00. The Hall–Kier alpha value is -0.540. The first-order valence-electron chi connectivity index (χ1n) is 3.00. The van der Waals surface area contributed by atoms with Gasteiger partial charge in [-0.25, -0.2) is 0 Å². The van der Waals surface area contributed by atoms with Crippen molar-refractivity contribution >= 4 is 12.4 Å². The van der Waals surface area contributed by atoms with E-state index >= 15 is 0 Å². The van der Waals surface area contributed by atoms with Gasteiger partial charge in [-0.1, -0.05) is 0 Å².